The predicted octanol–water partition coefficient (Wildman–Crippen LogP) is 2.47. The first-order chi connectivity index (χ1) is 8.35. The molecule has 0 amide bonds. The molecule has 1 aromatic heterocycles. The lowest BCUT2D eigenvalue weighted by Crippen LogP contribution is -2.31. The van der Waals surface area contributed by atoms with Crippen molar-refractivity contribution in [2.75, 3.05) is 30.9 Å². The van der Waals surface area contributed by atoms with Crippen molar-refractivity contribution in [3.63, 3.8) is 0 Å². The first-order valence-electron chi connectivity index (χ1n) is 5.69. The van der Waals surface area contributed by atoms with Crippen LogP contribution in [0.4, 0.5) is 24.8 Å². The molecule has 0 aliphatic rings. The van der Waals surface area contributed by atoms with E-state index in [9.17, 15) is 13.2 Å². The standard InChI is InChI=1S/C11H17F3N4/c1-4-5-8-16-9(15-2)6-10(17-8)18(3)7-11(12,13)14/h6H,4-5,7H2,1-3H3,(H,15,16,17). The van der Waals surface area contributed by atoms with Gasteiger partial charge in [0.2, 0.25) is 0 Å². The Labute approximate surface area is 104 Å². The lowest BCUT2D eigenvalue weighted by atomic mass is 10.3. The number of anilines is 2. The summed E-state index contributed by atoms with van der Waals surface area (Å²) in [5.74, 6) is 1.35. The third-order valence-electron chi connectivity index (χ3n) is 2.30. The van der Waals surface area contributed by atoms with E-state index in [-0.39, 0.29) is 5.82 Å². The van der Waals surface area contributed by atoms with Gasteiger partial charge in [-0.2, -0.15) is 13.2 Å². The molecule has 1 N–H and O–H groups in total. The fraction of sp³-hybridized carbons (Fsp3) is 0.636. The first kappa shape index (κ1) is 14.5. The predicted molar refractivity (Wildman–Crippen MR) is 64.9 cm³/mol. The van der Waals surface area contributed by atoms with E-state index < -0.39 is 12.7 Å². The van der Waals surface area contributed by atoms with Gasteiger partial charge in [-0.05, 0) is 6.42 Å². The number of aryl methyl sites for hydroxylation is 1. The van der Waals surface area contributed by atoms with E-state index in [0.29, 0.717) is 18.1 Å². The quantitative estimate of drug-likeness (QED) is 0.885. The Balaban J connectivity index is 2.96. The van der Waals surface area contributed by atoms with Gasteiger partial charge in [0.15, 0.2) is 0 Å². The molecular weight excluding hydrogens is 245 g/mol. The molecule has 1 aromatic rings. The molecule has 1 rings (SSSR count). The summed E-state index contributed by atoms with van der Waals surface area (Å²) in [6.07, 6.45) is -2.76. The maximum atomic E-state index is 12.3. The third kappa shape index (κ3) is 4.38. The number of alkyl halides is 3. The molecule has 0 fully saturated rings. The first-order valence-corrected chi connectivity index (χ1v) is 5.69. The minimum Gasteiger partial charge on any atom is -0.373 e. The lowest BCUT2D eigenvalue weighted by Gasteiger charge is -2.20. The monoisotopic (exact) mass is 262 g/mol. The molecule has 102 valence electrons. The van der Waals surface area contributed by atoms with Gasteiger partial charge in [0.05, 0.1) is 0 Å². The third-order valence-corrected chi connectivity index (χ3v) is 2.30. The molecule has 1 heterocycles. The lowest BCUT2D eigenvalue weighted by molar-refractivity contribution is -0.119. The molecule has 0 radical (unpaired) electrons. The van der Waals surface area contributed by atoms with E-state index in [1.807, 2.05) is 6.92 Å². The zero-order valence-electron chi connectivity index (χ0n) is 10.7. The summed E-state index contributed by atoms with van der Waals surface area (Å²) in [4.78, 5) is 9.39. The van der Waals surface area contributed by atoms with E-state index in [2.05, 4.69) is 15.3 Å². The molecular formula is C11H17F3N4. The van der Waals surface area contributed by atoms with Crippen LogP contribution in [0.5, 0.6) is 0 Å². The summed E-state index contributed by atoms with van der Waals surface area (Å²) in [7, 11) is 3.04. The number of aromatic nitrogens is 2. The Kier molecular flexibility index (Phi) is 4.75. The highest BCUT2D eigenvalue weighted by atomic mass is 19.4. The van der Waals surface area contributed by atoms with E-state index in [4.69, 9.17) is 0 Å². The molecule has 7 heteroatoms. The Bertz CT molecular complexity index is 392. The molecule has 18 heavy (non-hydrogen) atoms. The Hall–Kier alpha value is -1.53. The van der Waals surface area contributed by atoms with Gasteiger partial charge in [-0.1, -0.05) is 6.92 Å². The average Bonchev–Trinajstić information content (AvgIpc) is 2.26. The van der Waals surface area contributed by atoms with Crippen molar-refractivity contribution in [2.24, 2.45) is 0 Å². The molecule has 0 atom stereocenters. The fourth-order valence-corrected chi connectivity index (χ4v) is 1.49. The van der Waals surface area contributed by atoms with Gasteiger partial charge in [0.25, 0.3) is 0 Å². The topological polar surface area (TPSA) is 41.1 Å². The number of hydrogen-bond acceptors (Lipinski definition) is 4. The molecule has 0 saturated heterocycles. The maximum Gasteiger partial charge on any atom is 0.405 e. The van der Waals surface area contributed by atoms with Crippen LogP contribution in [0, 0.1) is 0 Å². The van der Waals surface area contributed by atoms with Crippen molar-refractivity contribution >= 4 is 11.6 Å². The second-order valence-corrected chi connectivity index (χ2v) is 4.00. The van der Waals surface area contributed by atoms with Crippen LogP contribution in [0.1, 0.15) is 19.2 Å². The highest BCUT2D eigenvalue weighted by Gasteiger charge is 2.30. The number of rotatable bonds is 5. The van der Waals surface area contributed by atoms with E-state index in [0.717, 1.165) is 11.3 Å². The highest BCUT2D eigenvalue weighted by Crippen LogP contribution is 2.21. The average molecular weight is 262 g/mol. The van der Waals surface area contributed by atoms with Crippen LogP contribution in [-0.4, -0.2) is 36.8 Å². The van der Waals surface area contributed by atoms with E-state index in [1.54, 1.807) is 7.05 Å². The number of halogens is 3. The second-order valence-electron chi connectivity index (χ2n) is 4.00. The van der Waals surface area contributed by atoms with Gasteiger partial charge in [-0.3, -0.25) is 0 Å². The summed E-state index contributed by atoms with van der Waals surface area (Å²) in [6.45, 7) is 0.938. The molecule has 0 saturated carbocycles. The zero-order chi connectivity index (χ0) is 13.8. The van der Waals surface area contributed by atoms with E-state index in [1.165, 1.54) is 13.1 Å². The molecule has 0 spiro atoms. The Morgan fingerprint density at radius 1 is 1.33 bits per heavy atom. The maximum absolute atomic E-state index is 12.3. The minimum atomic E-state index is -4.25. The van der Waals surface area contributed by atoms with Crippen molar-refractivity contribution in [3.05, 3.63) is 11.9 Å². The summed E-state index contributed by atoms with van der Waals surface area (Å²) < 4.78 is 37.0. The molecule has 0 aliphatic heterocycles. The van der Waals surface area contributed by atoms with Crippen LogP contribution < -0.4 is 10.2 Å². The molecule has 0 aromatic carbocycles. The molecule has 4 nitrogen and oxygen atoms in total. The fourth-order valence-electron chi connectivity index (χ4n) is 1.49. The summed E-state index contributed by atoms with van der Waals surface area (Å²) >= 11 is 0. The van der Waals surface area contributed by atoms with E-state index >= 15 is 0 Å². The number of hydrogen-bond donors (Lipinski definition) is 1. The largest absolute Gasteiger partial charge is 0.405 e. The summed E-state index contributed by atoms with van der Waals surface area (Å²) in [5.41, 5.74) is 0. The molecule has 0 unspecified atom stereocenters. The van der Waals surface area contributed by atoms with Crippen LogP contribution in [-0.2, 0) is 6.42 Å². The van der Waals surface area contributed by atoms with Gasteiger partial charge >= 0.3 is 6.18 Å². The molecule has 0 bridgehead atoms. The smallest absolute Gasteiger partial charge is 0.373 e. The van der Waals surface area contributed by atoms with Gasteiger partial charge in [0, 0.05) is 26.6 Å². The normalized spacial score (nSPS) is 11.4. The van der Waals surface area contributed by atoms with Crippen LogP contribution in [0.15, 0.2) is 6.07 Å². The van der Waals surface area contributed by atoms with Crippen molar-refractivity contribution < 1.29 is 13.2 Å². The minimum absolute atomic E-state index is 0.273. The molecule has 0 aliphatic carbocycles. The van der Waals surface area contributed by atoms with Gasteiger partial charge in [-0.15, -0.1) is 0 Å². The highest BCUT2D eigenvalue weighted by molar-refractivity contribution is 5.48. The van der Waals surface area contributed by atoms with Crippen LogP contribution in [0.3, 0.4) is 0 Å². The van der Waals surface area contributed by atoms with Gasteiger partial charge in [-0.25, -0.2) is 9.97 Å². The van der Waals surface area contributed by atoms with Crippen molar-refractivity contribution in [1.29, 1.82) is 0 Å². The van der Waals surface area contributed by atoms with Crippen LogP contribution >= 0.6 is 0 Å². The zero-order valence-corrected chi connectivity index (χ0v) is 10.7. The Morgan fingerprint density at radius 2 is 2.00 bits per heavy atom. The number of nitrogens with one attached hydrogen (secondary N) is 1. The van der Waals surface area contributed by atoms with Crippen LogP contribution in [0.2, 0.25) is 0 Å². The Morgan fingerprint density at radius 3 is 2.50 bits per heavy atom. The summed E-state index contributed by atoms with van der Waals surface area (Å²) in [5, 5.41) is 2.82. The van der Waals surface area contributed by atoms with Crippen molar-refractivity contribution in [1.82, 2.24) is 9.97 Å². The van der Waals surface area contributed by atoms with Crippen LogP contribution in [0.25, 0.3) is 0 Å². The second kappa shape index (κ2) is 5.88. The number of nitrogens with zero attached hydrogens (tertiary/aromatic N) is 3. The van der Waals surface area contributed by atoms with Gasteiger partial charge in [0.1, 0.15) is 24.0 Å². The SMILES string of the molecule is CCCc1nc(NC)cc(N(C)CC(F)(F)F)n1. The van der Waals surface area contributed by atoms with Gasteiger partial charge < -0.3 is 10.2 Å². The van der Waals surface area contributed by atoms with Crippen molar-refractivity contribution in [2.45, 2.75) is 25.9 Å². The summed E-state index contributed by atoms with van der Waals surface area (Å²) in [6, 6.07) is 1.50. The van der Waals surface area contributed by atoms with Crippen molar-refractivity contribution in [3.8, 4) is 0 Å².